The van der Waals surface area contributed by atoms with Crippen molar-refractivity contribution in [3.63, 3.8) is 0 Å². The number of ketones is 2. The van der Waals surface area contributed by atoms with Crippen molar-refractivity contribution in [2.45, 2.75) is 154 Å². The molecule has 4 rings (SSSR count). The van der Waals surface area contributed by atoms with E-state index in [0.29, 0.717) is 23.2 Å². The van der Waals surface area contributed by atoms with E-state index in [1.165, 1.54) is 103 Å². The molecule has 0 aromatic heterocycles. The van der Waals surface area contributed by atoms with Crippen molar-refractivity contribution < 1.29 is 9.59 Å². The number of hydrogen-bond donors (Lipinski definition) is 2. The van der Waals surface area contributed by atoms with Crippen LogP contribution in [0.25, 0.3) is 0 Å². The van der Waals surface area contributed by atoms with Crippen LogP contribution in [0.4, 0.5) is 0 Å². The molecule has 40 heavy (non-hydrogen) atoms. The van der Waals surface area contributed by atoms with Crippen LogP contribution in [0, 0.1) is 11.8 Å². The first-order chi connectivity index (χ1) is 19.6. The van der Waals surface area contributed by atoms with Crippen molar-refractivity contribution in [2.75, 3.05) is 0 Å². The monoisotopic (exact) mass is 548 g/mol. The molecule has 4 nitrogen and oxygen atoms in total. The van der Waals surface area contributed by atoms with Gasteiger partial charge in [0.25, 0.3) is 0 Å². The van der Waals surface area contributed by atoms with Crippen molar-refractivity contribution >= 4 is 11.6 Å². The molecular weight excluding hydrogens is 492 g/mol. The van der Waals surface area contributed by atoms with Crippen LogP contribution in [0.3, 0.4) is 0 Å². The smallest absolute Gasteiger partial charge is 0.188 e. The predicted octanol–water partition coefficient (Wildman–Crippen LogP) is 8.79. The van der Waals surface area contributed by atoms with Crippen LogP contribution in [-0.4, -0.2) is 23.7 Å². The molecule has 0 aromatic carbocycles. The molecule has 0 bridgehead atoms. The van der Waals surface area contributed by atoms with E-state index in [2.05, 4.69) is 24.5 Å². The fourth-order valence-corrected chi connectivity index (χ4v) is 7.38. The number of hydrogen-bond acceptors (Lipinski definition) is 4. The molecule has 0 spiro atoms. The van der Waals surface area contributed by atoms with Gasteiger partial charge in [-0.25, -0.2) is 0 Å². The van der Waals surface area contributed by atoms with Crippen LogP contribution >= 0.6 is 0 Å². The lowest BCUT2D eigenvalue weighted by atomic mass is 9.81. The summed E-state index contributed by atoms with van der Waals surface area (Å²) in [5, 5.41) is 7.40. The van der Waals surface area contributed by atoms with Gasteiger partial charge in [0.2, 0.25) is 0 Å². The van der Waals surface area contributed by atoms with Crippen LogP contribution < -0.4 is 10.6 Å². The topological polar surface area (TPSA) is 58.2 Å². The van der Waals surface area contributed by atoms with Crippen LogP contribution in [-0.2, 0) is 9.59 Å². The van der Waals surface area contributed by atoms with Gasteiger partial charge in [0.1, 0.15) is 0 Å². The summed E-state index contributed by atoms with van der Waals surface area (Å²) in [6.45, 7) is 4.55. The Balaban J connectivity index is 1.30. The normalized spacial score (nSPS) is 26.9. The zero-order chi connectivity index (χ0) is 28.2. The highest BCUT2D eigenvalue weighted by Crippen LogP contribution is 2.34. The Morgan fingerprint density at radius 1 is 0.525 bits per heavy atom. The molecule has 2 saturated carbocycles. The number of allylic oxidation sites excluding steroid dienone is 6. The van der Waals surface area contributed by atoms with Crippen LogP contribution in [0.15, 0.2) is 46.8 Å². The fraction of sp³-hybridized carbons (Fsp3) is 0.722. The summed E-state index contributed by atoms with van der Waals surface area (Å²) in [6.07, 6.45) is 33.0. The van der Waals surface area contributed by atoms with Gasteiger partial charge in [0.05, 0.1) is 11.1 Å². The SMILES string of the molecule is CCCCCCCC1CCC(NC2=C3C(=O)C=CC(NC4CCC(CCCCCCC)CC4)=C3C(=O)C=C2)CC1. The van der Waals surface area contributed by atoms with Crippen molar-refractivity contribution in [1.82, 2.24) is 10.6 Å². The van der Waals surface area contributed by atoms with Crippen LogP contribution in [0.2, 0.25) is 0 Å². The van der Waals surface area contributed by atoms with E-state index in [9.17, 15) is 9.59 Å². The summed E-state index contributed by atoms with van der Waals surface area (Å²) in [7, 11) is 0. The molecule has 0 radical (unpaired) electrons. The minimum absolute atomic E-state index is 0.0479. The molecule has 4 heteroatoms. The number of carbonyl (C=O) groups excluding carboxylic acids is 2. The maximum absolute atomic E-state index is 13.1. The largest absolute Gasteiger partial charge is 0.382 e. The third kappa shape index (κ3) is 8.95. The Hall–Kier alpha value is -2.10. The van der Waals surface area contributed by atoms with Gasteiger partial charge in [-0.15, -0.1) is 0 Å². The van der Waals surface area contributed by atoms with E-state index in [1.54, 1.807) is 12.2 Å². The third-order valence-corrected chi connectivity index (χ3v) is 9.93. The fourth-order valence-electron chi connectivity index (χ4n) is 7.38. The zero-order valence-electron chi connectivity index (χ0n) is 25.6. The lowest BCUT2D eigenvalue weighted by molar-refractivity contribution is -0.114. The standard InChI is InChI=1S/C36H56N2O2/c1-3-5-7-9-11-13-27-15-19-29(20-16-27)37-31-23-25-34(40)36-32(24-26-33(39)35(31)36)38-30-21-17-28(18-22-30)14-12-10-8-6-4-2/h23-30,37-38H,3-22H2,1-2H3. The molecule has 0 aromatic rings. The van der Waals surface area contributed by atoms with Crippen molar-refractivity contribution in [3.8, 4) is 0 Å². The van der Waals surface area contributed by atoms with Gasteiger partial charge in [0.15, 0.2) is 11.6 Å². The molecule has 4 aliphatic rings. The van der Waals surface area contributed by atoms with Gasteiger partial charge in [-0.3, -0.25) is 9.59 Å². The van der Waals surface area contributed by atoms with E-state index in [4.69, 9.17) is 0 Å². The number of unbranched alkanes of at least 4 members (excludes halogenated alkanes) is 8. The van der Waals surface area contributed by atoms with E-state index >= 15 is 0 Å². The van der Waals surface area contributed by atoms with Gasteiger partial charge in [-0.1, -0.05) is 90.9 Å². The Bertz CT molecular complexity index is 877. The Morgan fingerprint density at radius 2 is 0.900 bits per heavy atom. The van der Waals surface area contributed by atoms with Crippen molar-refractivity contribution in [1.29, 1.82) is 0 Å². The minimum Gasteiger partial charge on any atom is -0.382 e. The van der Waals surface area contributed by atoms with Crippen LogP contribution in [0.1, 0.15) is 142 Å². The van der Waals surface area contributed by atoms with Crippen molar-refractivity contribution in [3.05, 3.63) is 46.8 Å². The summed E-state index contributed by atoms with van der Waals surface area (Å²) in [5.74, 6) is 1.60. The molecule has 0 saturated heterocycles. The molecule has 222 valence electrons. The summed E-state index contributed by atoms with van der Waals surface area (Å²) >= 11 is 0. The summed E-state index contributed by atoms with van der Waals surface area (Å²) in [5.41, 5.74) is 2.85. The molecule has 2 N–H and O–H groups in total. The number of carbonyl (C=O) groups is 2. The average molecular weight is 549 g/mol. The minimum atomic E-state index is -0.0479. The Kier molecular flexibility index (Phi) is 12.6. The van der Waals surface area contributed by atoms with Crippen LogP contribution in [0.5, 0.6) is 0 Å². The highest BCUT2D eigenvalue weighted by Gasteiger charge is 2.32. The highest BCUT2D eigenvalue weighted by molar-refractivity contribution is 6.23. The second-order valence-electron chi connectivity index (χ2n) is 13.1. The lowest BCUT2D eigenvalue weighted by Gasteiger charge is -2.33. The zero-order valence-corrected chi connectivity index (χ0v) is 25.6. The third-order valence-electron chi connectivity index (χ3n) is 9.93. The van der Waals surface area contributed by atoms with E-state index in [-0.39, 0.29) is 11.6 Å². The second kappa shape index (κ2) is 16.4. The average Bonchev–Trinajstić information content (AvgIpc) is 2.97. The number of fused-ring (bicyclic) bond motifs is 1. The predicted molar refractivity (Wildman–Crippen MR) is 167 cm³/mol. The van der Waals surface area contributed by atoms with Gasteiger partial charge >= 0.3 is 0 Å². The number of nitrogens with one attached hydrogen (secondary N) is 2. The first kappa shape index (κ1) is 30.8. The van der Waals surface area contributed by atoms with Crippen molar-refractivity contribution in [2.24, 2.45) is 11.8 Å². The van der Waals surface area contributed by atoms with E-state index in [1.807, 2.05) is 12.2 Å². The molecule has 4 aliphatic carbocycles. The number of rotatable bonds is 16. The molecule has 0 aliphatic heterocycles. The maximum Gasteiger partial charge on any atom is 0.188 e. The molecule has 2 fully saturated rings. The first-order valence-corrected chi connectivity index (χ1v) is 17.1. The summed E-state index contributed by atoms with van der Waals surface area (Å²) < 4.78 is 0. The lowest BCUT2D eigenvalue weighted by Crippen LogP contribution is -2.37. The van der Waals surface area contributed by atoms with Gasteiger partial charge in [-0.2, -0.15) is 0 Å². The van der Waals surface area contributed by atoms with Gasteiger partial charge in [0, 0.05) is 23.5 Å². The van der Waals surface area contributed by atoms with E-state index < -0.39 is 0 Å². The Labute approximate surface area is 244 Å². The maximum atomic E-state index is 13.1. The molecule has 0 atom stereocenters. The van der Waals surface area contributed by atoms with E-state index in [0.717, 1.165) is 48.9 Å². The molecular formula is C36H56N2O2. The second-order valence-corrected chi connectivity index (χ2v) is 13.1. The molecule has 0 unspecified atom stereocenters. The first-order valence-electron chi connectivity index (χ1n) is 17.1. The Morgan fingerprint density at radius 3 is 1.27 bits per heavy atom. The highest BCUT2D eigenvalue weighted by atomic mass is 16.1. The quantitative estimate of drug-likeness (QED) is 0.189. The van der Waals surface area contributed by atoms with Gasteiger partial charge < -0.3 is 10.6 Å². The molecule has 0 amide bonds. The summed E-state index contributed by atoms with van der Waals surface area (Å²) in [4.78, 5) is 26.2. The summed E-state index contributed by atoms with van der Waals surface area (Å²) in [6, 6.07) is 0.760. The molecule has 0 heterocycles. The van der Waals surface area contributed by atoms with Gasteiger partial charge in [-0.05, 0) is 87.5 Å².